The first-order valence-electron chi connectivity index (χ1n) is 10.2. The summed E-state index contributed by atoms with van der Waals surface area (Å²) >= 11 is 11.8. The first-order valence-corrected chi connectivity index (χ1v) is 10.9. The number of alkyl halides is 3. The Balaban J connectivity index is 1.55. The number of oxime groups is 1. The lowest BCUT2D eigenvalue weighted by Gasteiger charge is -2.29. The number of carbonyl (C=O) groups is 1. The second-order valence-electron chi connectivity index (χ2n) is 7.79. The monoisotopic (exact) mass is 507 g/mol. The highest BCUT2D eigenvalue weighted by Crippen LogP contribution is 2.49. The Morgan fingerprint density at radius 3 is 2.56 bits per heavy atom. The number of nitrogens with one attached hydrogen (secondary N) is 1. The summed E-state index contributed by atoms with van der Waals surface area (Å²) in [6.45, 7) is 1.95. The number of carbonyl (C=O) groups excluding carboxylic acids is 1. The molecule has 1 unspecified atom stereocenters. The van der Waals surface area contributed by atoms with Crippen LogP contribution in [0.4, 0.5) is 13.2 Å². The summed E-state index contributed by atoms with van der Waals surface area (Å²) in [7, 11) is 0. The van der Waals surface area contributed by atoms with Crippen molar-refractivity contribution in [3.63, 3.8) is 0 Å². The van der Waals surface area contributed by atoms with Crippen molar-refractivity contribution in [3.05, 3.63) is 98.8 Å². The maximum Gasteiger partial charge on any atom is 0.435 e. The molecule has 1 atom stereocenters. The van der Waals surface area contributed by atoms with Crippen molar-refractivity contribution in [3.8, 4) is 0 Å². The molecule has 2 heterocycles. The Morgan fingerprint density at radius 2 is 1.91 bits per heavy atom. The molecular weight excluding hydrogens is 490 g/mol. The van der Waals surface area contributed by atoms with Gasteiger partial charge in [0.2, 0.25) is 0 Å². The van der Waals surface area contributed by atoms with Crippen LogP contribution in [0.2, 0.25) is 10.0 Å². The van der Waals surface area contributed by atoms with Crippen LogP contribution < -0.4 is 5.32 Å². The summed E-state index contributed by atoms with van der Waals surface area (Å²) in [5.74, 6) is -0.320. The Bertz CT molecular complexity index is 1270. The van der Waals surface area contributed by atoms with Gasteiger partial charge in [0.15, 0.2) is 0 Å². The Labute approximate surface area is 203 Å². The largest absolute Gasteiger partial charge is 0.435 e. The van der Waals surface area contributed by atoms with Crippen LogP contribution in [0.25, 0.3) is 0 Å². The topological polar surface area (TPSA) is 63.6 Å². The SMILES string of the molecule is Cc1cc(C2=NOC(c3ccc(Cl)c(Cl)c3)(C(F)(F)F)C2)ccc1C(=O)NCc1ccccn1. The minimum Gasteiger partial charge on any atom is -0.374 e. The van der Waals surface area contributed by atoms with Gasteiger partial charge in [0.05, 0.1) is 28.0 Å². The van der Waals surface area contributed by atoms with Crippen LogP contribution in [-0.4, -0.2) is 22.8 Å². The molecule has 1 amide bonds. The average molecular weight is 508 g/mol. The zero-order chi connectivity index (χ0) is 24.5. The number of amides is 1. The number of aromatic nitrogens is 1. The Kier molecular flexibility index (Phi) is 6.55. The maximum atomic E-state index is 14.2. The third-order valence-electron chi connectivity index (χ3n) is 5.53. The molecule has 0 spiro atoms. The second kappa shape index (κ2) is 9.27. The molecule has 0 bridgehead atoms. The number of hydrogen-bond donors (Lipinski definition) is 1. The van der Waals surface area contributed by atoms with E-state index < -0.39 is 18.2 Å². The molecule has 0 radical (unpaired) electrons. The van der Waals surface area contributed by atoms with E-state index in [0.717, 1.165) is 6.07 Å². The average Bonchev–Trinajstić information content (AvgIpc) is 3.27. The van der Waals surface area contributed by atoms with Crippen LogP contribution in [0, 0.1) is 6.92 Å². The summed E-state index contributed by atoms with van der Waals surface area (Å²) in [6.07, 6.45) is -3.69. The highest BCUT2D eigenvalue weighted by molar-refractivity contribution is 6.42. The van der Waals surface area contributed by atoms with E-state index in [-0.39, 0.29) is 33.8 Å². The lowest BCUT2D eigenvalue weighted by molar-refractivity contribution is -0.275. The molecule has 2 aromatic carbocycles. The first-order chi connectivity index (χ1) is 16.1. The van der Waals surface area contributed by atoms with Gasteiger partial charge in [-0.1, -0.05) is 46.6 Å². The fourth-order valence-corrected chi connectivity index (χ4v) is 3.97. The van der Waals surface area contributed by atoms with Crippen LogP contribution >= 0.6 is 23.2 Å². The summed E-state index contributed by atoms with van der Waals surface area (Å²) in [5.41, 5.74) is -0.687. The first kappa shape index (κ1) is 24.0. The molecule has 0 saturated carbocycles. The van der Waals surface area contributed by atoms with Crippen LogP contribution in [0.5, 0.6) is 0 Å². The zero-order valence-corrected chi connectivity index (χ0v) is 19.3. The Morgan fingerprint density at radius 1 is 1.12 bits per heavy atom. The molecule has 1 aliphatic rings. The molecule has 0 saturated heterocycles. The van der Waals surface area contributed by atoms with Gasteiger partial charge in [-0.05, 0) is 54.4 Å². The molecule has 0 aliphatic carbocycles. The molecule has 3 aromatic rings. The molecule has 34 heavy (non-hydrogen) atoms. The number of nitrogens with zero attached hydrogens (tertiary/aromatic N) is 2. The fraction of sp³-hybridized carbons (Fsp3) is 0.208. The third kappa shape index (κ3) is 4.60. The smallest absolute Gasteiger partial charge is 0.374 e. The van der Waals surface area contributed by atoms with Crippen LogP contribution in [0.3, 0.4) is 0 Å². The molecule has 176 valence electrons. The minimum atomic E-state index is -4.77. The molecule has 5 nitrogen and oxygen atoms in total. The number of benzene rings is 2. The highest BCUT2D eigenvalue weighted by Gasteiger charge is 2.62. The van der Waals surface area contributed by atoms with Crippen molar-refractivity contribution >= 4 is 34.8 Å². The molecule has 4 rings (SSSR count). The van der Waals surface area contributed by atoms with E-state index in [1.165, 1.54) is 12.1 Å². The van der Waals surface area contributed by atoms with Gasteiger partial charge >= 0.3 is 6.18 Å². The second-order valence-corrected chi connectivity index (χ2v) is 8.61. The van der Waals surface area contributed by atoms with Gasteiger partial charge in [-0.3, -0.25) is 9.78 Å². The molecular formula is C24H18Cl2F3N3O2. The fourth-order valence-electron chi connectivity index (χ4n) is 3.67. The van der Waals surface area contributed by atoms with Gasteiger partial charge in [0, 0.05) is 23.7 Å². The number of pyridine rings is 1. The number of hydrogen-bond acceptors (Lipinski definition) is 4. The summed E-state index contributed by atoms with van der Waals surface area (Å²) in [4.78, 5) is 21.8. The van der Waals surface area contributed by atoms with Crippen molar-refractivity contribution in [1.82, 2.24) is 10.3 Å². The van der Waals surface area contributed by atoms with E-state index in [1.807, 2.05) is 6.07 Å². The van der Waals surface area contributed by atoms with Crippen LogP contribution in [0.15, 0.2) is 65.9 Å². The molecule has 1 aliphatic heterocycles. The third-order valence-corrected chi connectivity index (χ3v) is 6.27. The minimum absolute atomic E-state index is 0.0169. The van der Waals surface area contributed by atoms with Crippen molar-refractivity contribution in [2.24, 2.45) is 5.16 Å². The van der Waals surface area contributed by atoms with Gasteiger partial charge in [-0.25, -0.2) is 0 Å². The lowest BCUT2D eigenvalue weighted by atomic mass is 9.86. The number of rotatable bonds is 5. The normalized spacial score (nSPS) is 17.8. The Hall–Kier alpha value is -3.10. The molecule has 0 fully saturated rings. The van der Waals surface area contributed by atoms with E-state index >= 15 is 0 Å². The zero-order valence-electron chi connectivity index (χ0n) is 17.8. The van der Waals surface area contributed by atoms with Gasteiger partial charge in [0.1, 0.15) is 0 Å². The van der Waals surface area contributed by atoms with E-state index in [2.05, 4.69) is 15.5 Å². The molecule has 1 N–H and O–H groups in total. The number of halogens is 5. The van der Waals surface area contributed by atoms with Crippen LogP contribution in [-0.2, 0) is 17.0 Å². The predicted octanol–water partition coefficient (Wildman–Crippen LogP) is 6.21. The predicted molar refractivity (Wildman–Crippen MR) is 123 cm³/mol. The lowest BCUT2D eigenvalue weighted by Crippen LogP contribution is -2.42. The van der Waals surface area contributed by atoms with Crippen LogP contribution in [0.1, 0.15) is 39.2 Å². The number of aryl methyl sites for hydroxylation is 1. The highest BCUT2D eigenvalue weighted by atomic mass is 35.5. The summed E-state index contributed by atoms with van der Waals surface area (Å²) in [6, 6.07) is 13.7. The van der Waals surface area contributed by atoms with Crippen molar-refractivity contribution in [2.45, 2.75) is 31.7 Å². The van der Waals surface area contributed by atoms with Crippen molar-refractivity contribution in [2.75, 3.05) is 0 Å². The van der Waals surface area contributed by atoms with E-state index in [9.17, 15) is 18.0 Å². The summed E-state index contributed by atoms with van der Waals surface area (Å²) < 4.78 is 42.5. The van der Waals surface area contributed by atoms with Gasteiger partial charge in [-0.15, -0.1) is 0 Å². The quantitative estimate of drug-likeness (QED) is 0.446. The molecule has 10 heteroatoms. The van der Waals surface area contributed by atoms with Gasteiger partial charge in [-0.2, -0.15) is 13.2 Å². The maximum absolute atomic E-state index is 14.2. The van der Waals surface area contributed by atoms with Gasteiger partial charge < -0.3 is 10.2 Å². The standard InChI is InChI=1S/C24H18Cl2F3N3O2/c1-14-10-15(5-7-18(14)22(33)31-13-17-4-2-3-9-30-17)21-12-23(34-32-21,24(27,28)29)16-6-8-19(25)20(26)11-16/h2-11H,12-13H2,1H3,(H,31,33). The summed E-state index contributed by atoms with van der Waals surface area (Å²) in [5, 5.41) is 6.66. The molecule has 1 aromatic heterocycles. The van der Waals surface area contributed by atoms with E-state index in [1.54, 1.807) is 43.5 Å². The van der Waals surface area contributed by atoms with Crippen molar-refractivity contribution < 1.29 is 22.8 Å². The van der Waals surface area contributed by atoms with E-state index in [4.69, 9.17) is 28.0 Å². The van der Waals surface area contributed by atoms with Gasteiger partial charge in [0.25, 0.3) is 11.5 Å². The van der Waals surface area contributed by atoms with Crippen molar-refractivity contribution in [1.29, 1.82) is 0 Å². The van der Waals surface area contributed by atoms with E-state index in [0.29, 0.717) is 22.4 Å².